The lowest BCUT2D eigenvalue weighted by Gasteiger charge is -2.35. The van der Waals surface area contributed by atoms with Gasteiger partial charge in [0.05, 0.1) is 18.3 Å². The van der Waals surface area contributed by atoms with Crippen molar-refractivity contribution in [1.82, 2.24) is 25.0 Å². The van der Waals surface area contributed by atoms with Gasteiger partial charge in [-0.3, -0.25) is 24.5 Å². The minimum atomic E-state index is -0.895. The van der Waals surface area contributed by atoms with Gasteiger partial charge >= 0.3 is 6.03 Å². The number of carbonyl (C=O) groups excluding carboxylic acids is 2. The summed E-state index contributed by atoms with van der Waals surface area (Å²) in [6.45, 7) is 8.14. The summed E-state index contributed by atoms with van der Waals surface area (Å²) in [7, 11) is 0. The number of nitrogens with zero attached hydrogens (tertiary/aromatic N) is 4. The summed E-state index contributed by atoms with van der Waals surface area (Å²) in [4.78, 5) is 34.1. The van der Waals surface area contributed by atoms with Crippen LogP contribution in [0.3, 0.4) is 0 Å². The van der Waals surface area contributed by atoms with E-state index in [2.05, 4.69) is 20.1 Å². The van der Waals surface area contributed by atoms with E-state index in [-0.39, 0.29) is 12.5 Å². The molecule has 0 aliphatic carbocycles. The van der Waals surface area contributed by atoms with E-state index in [0.29, 0.717) is 6.54 Å². The third-order valence-corrected chi connectivity index (χ3v) is 4.88. The number of β-amino-alcohol motifs (C(OH)–C–C–N with tert-alkyl or cyclic N) is 1. The molecule has 8 nitrogen and oxygen atoms in total. The number of amides is 3. The molecule has 0 bridgehead atoms. The maximum atomic E-state index is 12.2. The van der Waals surface area contributed by atoms with Gasteiger partial charge in [-0.15, -0.1) is 0 Å². The van der Waals surface area contributed by atoms with Gasteiger partial charge in [0.15, 0.2) is 0 Å². The fraction of sp³-hybridized carbons (Fsp3) is 0.611. The Morgan fingerprint density at radius 1 is 1.15 bits per heavy atom. The van der Waals surface area contributed by atoms with Crippen LogP contribution >= 0.6 is 0 Å². The van der Waals surface area contributed by atoms with E-state index >= 15 is 0 Å². The number of carbonyl (C=O) groups is 2. The fourth-order valence-corrected chi connectivity index (χ4v) is 3.40. The van der Waals surface area contributed by atoms with E-state index < -0.39 is 17.7 Å². The number of urea groups is 1. The first-order valence-corrected chi connectivity index (χ1v) is 9.02. The molecule has 1 aromatic rings. The van der Waals surface area contributed by atoms with Gasteiger partial charge < -0.3 is 10.4 Å². The highest BCUT2D eigenvalue weighted by molar-refractivity contribution is 6.06. The van der Waals surface area contributed by atoms with Gasteiger partial charge in [-0.1, -0.05) is 6.07 Å². The van der Waals surface area contributed by atoms with Crippen molar-refractivity contribution in [3.8, 4) is 0 Å². The Hall–Kier alpha value is -2.03. The summed E-state index contributed by atoms with van der Waals surface area (Å²) < 4.78 is 0. The Morgan fingerprint density at radius 2 is 1.85 bits per heavy atom. The van der Waals surface area contributed by atoms with Crippen molar-refractivity contribution in [2.75, 3.05) is 39.3 Å². The molecule has 2 saturated heterocycles. The van der Waals surface area contributed by atoms with Gasteiger partial charge in [0.2, 0.25) is 0 Å². The highest BCUT2D eigenvalue weighted by Gasteiger charge is 2.44. The third kappa shape index (κ3) is 4.38. The molecule has 2 N–H and O–H groups in total. The van der Waals surface area contributed by atoms with E-state index in [1.807, 2.05) is 18.2 Å². The molecule has 3 amide bonds. The van der Waals surface area contributed by atoms with Crippen LogP contribution in [0.25, 0.3) is 0 Å². The second-order valence-corrected chi connectivity index (χ2v) is 7.52. The number of hydrogen-bond acceptors (Lipinski definition) is 6. The van der Waals surface area contributed by atoms with Crippen molar-refractivity contribution < 1.29 is 14.7 Å². The Bertz CT molecular complexity index is 643. The van der Waals surface area contributed by atoms with Crippen molar-refractivity contribution in [3.63, 3.8) is 0 Å². The molecule has 1 aromatic heterocycles. The lowest BCUT2D eigenvalue weighted by molar-refractivity contribution is -0.131. The van der Waals surface area contributed by atoms with Crippen LogP contribution in [0.15, 0.2) is 24.4 Å². The average molecular weight is 361 g/mol. The molecule has 3 rings (SSSR count). The van der Waals surface area contributed by atoms with Crippen LogP contribution in [-0.4, -0.2) is 87.6 Å². The standard InChI is InChI=1S/C18H27N5O3/c1-18(2)16(25)23(17(26)20-18)13-15(24)12-22-9-7-21(8-10-22)11-14-5-3-4-6-19-14/h3-6,15,24H,7-13H2,1-2H3,(H,20,26). The summed E-state index contributed by atoms with van der Waals surface area (Å²) >= 11 is 0. The van der Waals surface area contributed by atoms with Gasteiger partial charge in [-0.05, 0) is 26.0 Å². The second kappa shape index (κ2) is 7.69. The molecule has 2 aliphatic heterocycles. The van der Waals surface area contributed by atoms with E-state index in [4.69, 9.17) is 0 Å². The Morgan fingerprint density at radius 3 is 2.42 bits per heavy atom. The number of nitrogens with one attached hydrogen (secondary N) is 1. The first-order chi connectivity index (χ1) is 12.3. The van der Waals surface area contributed by atoms with Gasteiger partial charge in [0.1, 0.15) is 5.54 Å². The molecule has 0 aromatic carbocycles. The third-order valence-electron chi connectivity index (χ3n) is 4.88. The van der Waals surface area contributed by atoms with Crippen LogP contribution < -0.4 is 5.32 Å². The summed E-state index contributed by atoms with van der Waals surface area (Å²) in [5.41, 5.74) is 0.163. The van der Waals surface area contributed by atoms with Gasteiger partial charge in [-0.2, -0.15) is 0 Å². The Balaban J connectivity index is 1.43. The molecule has 142 valence electrons. The van der Waals surface area contributed by atoms with Crippen LogP contribution in [0.1, 0.15) is 19.5 Å². The SMILES string of the molecule is CC1(C)NC(=O)N(CC(O)CN2CCN(Cc3ccccn3)CC2)C1=O. The molecule has 3 heterocycles. The Kier molecular flexibility index (Phi) is 5.55. The summed E-state index contributed by atoms with van der Waals surface area (Å²) in [5, 5.41) is 13.0. The zero-order chi connectivity index (χ0) is 18.7. The normalized spacial score (nSPS) is 22.5. The molecular formula is C18H27N5O3. The van der Waals surface area contributed by atoms with Crippen LogP contribution in [0.5, 0.6) is 0 Å². The van der Waals surface area contributed by atoms with E-state index in [1.165, 1.54) is 0 Å². The van der Waals surface area contributed by atoms with E-state index in [0.717, 1.165) is 43.3 Å². The quantitative estimate of drug-likeness (QED) is 0.688. The van der Waals surface area contributed by atoms with Crippen LogP contribution in [0.4, 0.5) is 4.79 Å². The number of aliphatic hydroxyl groups excluding tert-OH is 1. The smallest absolute Gasteiger partial charge is 0.325 e. The van der Waals surface area contributed by atoms with Gasteiger partial charge in [0, 0.05) is 45.5 Å². The van der Waals surface area contributed by atoms with Crippen LogP contribution in [-0.2, 0) is 11.3 Å². The first kappa shape index (κ1) is 18.8. The van der Waals surface area contributed by atoms with E-state index in [1.54, 1.807) is 20.0 Å². The van der Waals surface area contributed by atoms with Crippen molar-refractivity contribution in [3.05, 3.63) is 30.1 Å². The van der Waals surface area contributed by atoms with Crippen molar-refractivity contribution >= 4 is 11.9 Å². The molecule has 2 fully saturated rings. The minimum Gasteiger partial charge on any atom is -0.390 e. The zero-order valence-corrected chi connectivity index (χ0v) is 15.4. The molecule has 26 heavy (non-hydrogen) atoms. The maximum absolute atomic E-state index is 12.2. The van der Waals surface area contributed by atoms with Gasteiger partial charge in [-0.25, -0.2) is 4.79 Å². The summed E-state index contributed by atoms with van der Waals surface area (Å²) in [6, 6.07) is 5.50. The van der Waals surface area contributed by atoms with Crippen LogP contribution in [0, 0.1) is 0 Å². The Labute approximate surface area is 153 Å². The topological polar surface area (TPSA) is 89.0 Å². The minimum absolute atomic E-state index is 0.0300. The molecular weight excluding hydrogens is 334 g/mol. The maximum Gasteiger partial charge on any atom is 0.325 e. The predicted octanol–water partition coefficient (Wildman–Crippen LogP) is -0.109. The molecule has 0 spiro atoms. The monoisotopic (exact) mass is 361 g/mol. The lowest BCUT2D eigenvalue weighted by atomic mass is 10.1. The number of pyridine rings is 1. The largest absolute Gasteiger partial charge is 0.390 e. The molecule has 0 saturated carbocycles. The van der Waals surface area contributed by atoms with Crippen LogP contribution in [0.2, 0.25) is 0 Å². The molecule has 1 atom stereocenters. The lowest BCUT2D eigenvalue weighted by Crippen LogP contribution is -2.50. The van der Waals surface area contributed by atoms with Crippen molar-refractivity contribution in [2.24, 2.45) is 0 Å². The number of hydrogen-bond donors (Lipinski definition) is 2. The van der Waals surface area contributed by atoms with Crippen molar-refractivity contribution in [2.45, 2.75) is 32.0 Å². The second-order valence-electron chi connectivity index (χ2n) is 7.52. The number of piperazine rings is 1. The van der Waals surface area contributed by atoms with Gasteiger partial charge in [0.25, 0.3) is 5.91 Å². The highest BCUT2D eigenvalue weighted by atomic mass is 16.3. The fourth-order valence-electron chi connectivity index (χ4n) is 3.40. The first-order valence-electron chi connectivity index (χ1n) is 9.02. The molecule has 1 unspecified atom stereocenters. The number of aromatic nitrogens is 1. The number of aliphatic hydroxyl groups is 1. The van der Waals surface area contributed by atoms with E-state index in [9.17, 15) is 14.7 Å². The predicted molar refractivity (Wildman–Crippen MR) is 96.3 cm³/mol. The zero-order valence-electron chi connectivity index (χ0n) is 15.4. The summed E-state index contributed by atoms with van der Waals surface area (Å²) in [6.07, 6.45) is 1.06. The molecule has 8 heteroatoms. The number of rotatable bonds is 6. The summed E-state index contributed by atoms with van der Waals surface area (Å²) in [5.74, 6) is -0.290. The highest BCUT2D eigenvalue weighted by Crippen LogP contribution is 2.17. The van der Waals surface area contributed by atoms with Crippen molar-refractivity contribution in [1.29, 1.82) is 0 Å². The average Bonchev–Trinajstić information content (AvgIpc) is 2.79. The number of imide groups is 1. The molecule has 2 aliphatic rings. The molecule has 0 radical (unpaired) electrons.